The molecule has 2 rings (SSSR count). The molecule has 0 heterocycles. The number of anilines is 1. The van der Waals surface area contributed by atoms with Gasteiger partial charge in [-0.2, -0.15) is 0 Å². The fourth-order valence-corrected chi connectivity index (χ4v) is 2.36. The lowest BCUT2D eigenvalue weighted by Gasteiger charge is -2.32. The Morgan fingerprint density at radius 1 is 1.53 bits per heavy atom. The van der Waals surface area contributed by atoms with Gasteiger partial charge in [0.15, 0.2) is 0 Å². The van der Waals surface area contributed by atoms with Crippen molar-refractivity contribution in [2.24, 2.45) is 11.7 Å². The van der Waals surface area contributed by atoms with Crippen LogP contribution < -0.4 is 10.6 Å². The number of benzene rings is 1. The van der Waals surface area contributed by atoms with Gasteiger partial charge in [-0.1, -0.05) is 18.6 Å². The van der Waals surface area contributed by atoms with Gasteiger partial charge in [0.2, 0.25) is 0 Å². The van der Waals surface area contributed by atoms with Gasteiger partial charge in [0.1, 0.15) is 10.8 Å². The first-order valence-electron chi connectivity index (χ1n) is 5.88. The second-order valence-electron chi connectivity index (χ2n) is 4.70. The molecule has 0 bridgehead atoms. The van der Waals surface area contributed by atoms with Gasteiger partial charge in [0.05, 0.1) is 0 Å². The Kier molecular flexibility index (Phi) is 3.62. The molecule has 1 aromatic carbocycles. The summed E-state index contributed by atoms with van der Waals surface area (Å²) in [6.07, 6.45) is 3.89. The van der Waals surface area contributed by atoms with Gasteiger partial charge in [-0.25, -0.2) is 4.39 Å². The summed E-state index contributed by atoms with van der Waals surface area (Å²) in [5, 5.41) is 0. The van der Waals surface area contributed by atoms with Crippen molar-refractivity contribution in [1.29, 1.82) is 0 Å². The number of nitrogens with two attached hydrogens (primary N) is 1. The predicted octanol–water partition coefficient (Wildman–Crippen LogP) is 2.70. The van der Waals surface area contributed by atoms with E-state index in [2.05, 4.69) is 4.90 Å². The Morgan fingerprint density at radius 2 is 2.24 bits per heavy atom. The fraction of sp³-hybridized carbons (Fsp3) is 0.462. The summed E-state index contributed by atoms with van der Waals surface area (Å²) < 4.78 is 13.2. The Hall–Kier alpha value is -1.16. The Bertz CT molecular complexity index is 429. The van der Waals surface area contributed by atoms with Crippen molar-refractivity contribution in [2.75, 3.05) is 18.5 Å². The first-order chi connectivity index (χ1) is 8.08. The number of nitrogens with zero attached hydrogens (tertiary/aromatic N) is 1. The lowest BCUT2D eigenvalue weighted by molar-refractivity contribution is 0.321. The molecule has 1 aromatic rings. The van der Waals surface area contributed by atoms with Crippen LogP contribution in [0.3, 0.4) is 0 Å². The van der Waals surface area contributed by atoms with Gasteiger partial charge < -0.3 is 10.6 Å². The van der Waals surface area contributed by atoms with Crippen LogP contribution in [0.15, 0.2) is 18.2 Å². The van der Waals surface area contributed by atoms with Gasteiger partial charge in [-0.05, 0) is 37.0 Å². The van der Waals surface area contributed by atoms with Crippen LogP contribution in [-0.2, 0) is 0 Å². The minimum atomic E-state index is -0.298. The Morgan fingerprint density at radius 3 is 2.76 bits per heavy atom. The van der Waals surface area contributed by atoms with Crippen molar-refractivity contribution in [3.63, 3.8) is 0 Å². The van der Waals surface area contributed by atoms with E-state index in [9.17, 15) is 4.39 Å². The molecule has 0 aliphatic heterocycles. The van der Waals surface area contributed by atoms with E-state index >= 15 is 0 Å². The average Bonchev–Trinajstić information content (AvgIpc) is 2.23. The van der Waals surface area contributed by atoms with Crippen molar-refractivity contribution >= 4 is 22.9 Å². The summed E-state index contributed by atoms with van der Waals surface area (Å²) in [5.74, 6) is 0.456. The molecular formula is C13H17FN2S. The Labute approximate surface area is 107 Å². The van der Waals surface area contributed by atoms with Crippen LogP contribution in [0.5, 0.6) is 0 Å². The molecule has 1 fully saturated rings. The summed E-state index contributed by atoms with van der Waals surface area (Å²) in [6, 6.07) is 4.62. The Balaban J connectivity index is 2.20. The largest absolute Gasteiger partial charge is 0.389 e. The van der Waals surface area contributed by atoms with Crippen LogP contribution in [0.25, 0.3) is 0 Å². The molecule has 0 atom stereocenters. The average molecular weight is 252 g/mol. The van der Waals surface area contributed by atoms with E-state index < -0.39 is 0 Å². The van der Waals surface area contributed by atoms with Crippen LogP contribution in [0, 0.1) is 11.7 Å². The SMILES string of the molecule is CN(CC1CCC1)c1ccc(F)cc1C(N)=S. The molecule has 17 heavy (non-hydrogen) atoms. The number of rotatable bonds is 4. The summed E-state index contributed by atoms with van der Waals surface area (Å²) in [7, 11) is 2.01. The zero-order chi connectivity index (χ0) is 12.4. The van der Waals surface area contributed by atoms with E-state index in [1.54, 1.807) is 6.07 Å². The zero-order valence-electron chi connectivity index (χ0n) is 9.95. The third-order valence-electron chi connectivity index (χ3n) is 3.39. The summed E-state index contributed by atoms with van der Waals surface area (Å²) >= 11 is 4.97. The highest BCUT2D eigenvalue weighted by Crippen LogP contribution is 2.29. The highest BCUT2D eigenvalue weighted by atomic mass is 32.1. The van der Waals surface area contributed by atoms with Gasteiger partial charge in [0.25, 0.3) is 0 Å². The van der Waals surface area contributed by atoms with Crippen molar-refractivity contribution in [3.8, 4) is 0 Å². The third-order valence-corrected chi connectivity index (χ3v) is 3.61. The monoisotopic (exact) mass is 252 g/mol. The summed E-state index contributed by atoms with van der Waals surface area (Å²) in [6.45, 7) is 0.987. The third kappa shape index (κ3) is 2.75. The quantitative estimate of drug-likeness (QED) is 0.835. The molecule has 1 aliphatic carbocycles. The minimum absolute atomic E-state index is 0.250. The molecule has 2 N–H and O–H groups in total. The predicted molar refractivity (Wildman–Crippen MR) is 72.9 cm³/mol. The van der Waals surface area contributed by atoms with Crippen LogP contribution in [0.2, 0.25) is 0 Å². The fourth-order valence-electron chi connectivity index (χ4n) is 2.20. The molecule has 0 spiro atoms. The van der Waals surface area contributed by atoms with Gasteiger partial charge in [-0.3, -0.25) is 0 Å². The van der Waals surface area contributed by atoms with Gasteiger partial charge >= 0.3 is 0 Å². The molecule has 2 nitrogen and oxygen atoms in total. The molecule has 1 aliphatic rings. The molecule has 92 valence electrons. The zero-order valence-corrected chi connectivity index (χ0v) is 10.8. The molecular weight excluding hydrogens is 235 g/mol. The molecule has 4 heteroatoms. The highest BCUT2D eigenvalue weighted by molar-refractivity contribution is 7.80. The van der Waals surface area contributed by atoms with E-state index in [-0.39, 0.29) is 10.8 Å². The smallest absolute Gasteiger partial charge is 0.124 e. The first-order valence-corrected chi connectivity index (χ1v) is 6.29. The minimum Gasteiger partial charge on any atom is -0.389 e. The maximum Gasteiger partial charge on any atom is 0.124 e. The lowest BCUT2D eigenvalue weighted by Crippen LogP contribution is -2.30. The lowest BCUT2D eigenvalue weighted by atomic mass is 9.85. The van der Waals surface area contributed by atoms with Crippen LogP contribution in [0.1, 0.15) is 24.8 Å². The molecule has 0 aromatic heterocycles. The van der Waals surface area contributed by atoms with Gasteiger partial charge in [-0.15, -0.1) is 0 Å². The van der Waals surface area contributed by atoms with E-state index in [1.807, 2.05) is 7.05 Å². The number of thiocarbonyl (C=S) groups is 1. The first kappa shape index (κ1) is 12.3. The molecule has 0 radical (unpaired) electrons. The van der Waals surface area contributed by atoms with E-state index in [1.165, 1.54) is 31.4 Å². The van der Waals surface area contributed by atoms with Gasteiger partial charge in [0, 0.05) is 24.8 Å². The van der Waals surface area contributed by atoms with Crippen LogP contribution >= 0.6 is 12.2 Å². The maximum atomic E-state index is 13.2. The van der Waals surface area contributed by atoms with E-state index in [4.69, 9.17) is 18.0 Å². The number of hydrogen-bond donors (Lipinski definition) is 1. The summed E-state index contributed by atoms with van der Waals surface area (Å²) in [4.78, 5) is 2.37. The van der Waals surface area contributed by atoms with E-state index in [0.717, 1.165) is 18.2 Å². The molecule has 0 unspecified atom stereocenters. The standard InChI is InChI=1S/C13H17FN2S/c1-16(8-9-3-2-4-9)12-6-5-10(14)7-11(12)13(15)17/h5-7,9H,2-4,8H2,1H3,(H2,15,17). The number of halogens is 1. The maximum absolute atomic E-state index is 13.2. The second-order valence-corrected chi connectivity index (χ2v) is 5.14. The highest BCUT2D eigenvalue weighted by Gasteiger charge is 2.20. The summed E-state index contributed by atoms with van der Waals surface area (Å²) in [5.41, 5.74) is 7.19. The van der Waals surface area contributed by atoms with Crippen molar-refractivity contribution in [2.45, 2.75) is 19.3 Å². The van der Waals surface area contributed by atoms with Crippen molar-refractivity contribution in [3.05, 3.63) is 29.6 Å². The van der Waals surface area contributed by atoms with Crippen molar-refractivity contribution in [1.82, 2.24) is 0 Å². The topological polar surface area (TPSA) is 29.3 Å². The normalized spacial score (nSPS) is 15.4. The van der Waals surface area contributed by atoms with Crippen LogP contribution in [0.4, 0.5) is 10.1 Å². The van der Waals surface area contributed by atoms with Crippen molar-refractivity contribution < 1.29 is 4.39 Å². The number of hydrogen-bond acceptors (Lipinski definition) is 2. The van der Waals surface area contributed by atoms with Crippen LogP contribution in [-0.4, -0.2) is 18.6 Å². The van der Waals surface area contributed by atoms with E-state index in [0.29, 0.717) is 5.56 Å². The second kappa shape index (κ2) is 5.00. The molecule has 1 saturated carbocycles. The molecule has 0 amide bonds. The molecule has 0 saturated heterocycles.